The first-order chi connectivity index (χ1) is 10.1. The van der Waals surface area contributed by atoms with Crippen molar-refractivity contribution >= 4 is 23.4 Å². The van der Waals surface area contributed by atoms with Gasteiger partial charge in [-0.1, -0.05) is 41.9 Å². The van der Waals surface area contributed by atoms with Crippen molar-refractivity contribution in [3.63, 3.8) is 0 Å². The van der Waals surface area contributed by atoms with Crippen molar-refractivity contribution in [1.29, 1.82) is 0 Å². The fourth-order valence-electron chi connectivity index (χ4n) is 2.56. The van der Waals surface area contributed by atoms with Gasteiger partial charge in [-0.2, -0.15) is 0 Å². The van der Waals surface area contributed by atoms with Gasteiger partial charge in [-0.05, 0) is 23.8 Å². The molecule has 0 saturated carbocycles. The molecule has 0 saturated heterocycles. The van der Waals surface area contributed by atoms with Crippen LogP contribution in [0, 0.1) is 10.1 Å². The number of nitrogens with zero attached hydrogens (tertiary/aromatic N) is 1. The van der Waals surface area contributed by atoms with Gasteiger partial charge in [0, 0.05) is 20.4 Å². The Balaban J connectivity index is 2.09. The van der Waals surface area contributed by atoms with Crippen molar-refractivity contribution in [3.8, 4) is 0 Å². The van der Waals surface area contributed by atoms with Crippen molar-refractivity contribution < 1.29 is 10.0 Å². The number of halogens is 1. The molecule has 3 rings (SSSR count). The van der Waals surface area contributed by atoms with Gasteiger partial charge in [-0.25, -0.2) is 0 Å². The summed E-state index contributed by atoms with van der Waals surface area (Å²) in [6, 6.07) is 13.2. The number of hydrogen-bond donors (Lipinski definition) is 1. The van der Waals surface area contributed by atoms with Gasteiger partial charge in [0.2, 0.25) is 0 Å². The van der Waals surface area contributed by atoms with Gasteiger partial charge in [-0.15, -0.1) is 11.8 Å². The van der Waals surface area contributed by atoms with E-state index < -0.39 is 22.3 Å². The van der Waals surface area contributed by atoms with Crippen LogP contribution in [-0.4, -0.2) is 16.1 Å². The molecular weight excluding hydrogens is 310 g/mol. The second-order valence-electron chi connectivity index (χ2n) is 4.85. The first-order valence-electron chi connectivity index (χ1n) is 6.40. The Bertz CT molecular complexity index is 694. The predicted molar refractivity (Wildman–Crippen MR) is 82.2 cm³/mol. The molecule has 1 N–H and O–H groups in total. The lowest BCUT2D eigenvalue weighted by Crippen LogP contribution is -2.35. The van der Waals surface area contributed by atoms with Crippen molar-refractivity contribution in [2.45, 2.75) is 22.3 Å². The molecule has 3 unspecified atom stereocenters. The minimum atomic E-state index is -1.12. The first-order valence-corrected chi connectivity index (χ1v) is 7.66. The van der Waals surface area contributed by atoms with Crippen LogP contribution < -0.4 is 0 Å². The first kappa shape index (κ1) is 14.4. The zero-order chi connectivity index (χ0) is 15.0. The van der Waals surface area contributed by atoms with E-state index in [1.54, 1.807) is 36.4 Å². The molecule has 1 aliphatic rings. The quantitative estimate of drug-likeness (QED) is 0.673. The fourth-order valence-corrected chi connectivity index (χ4v) is 4.19. The van der Waals surface area contributed by atoms with Crippen LogP contribution in [0.4, 0.5) is 0 Å². The highest BCUT2D eigenvalue weighted by atomic mass is 35.5. The summed E-state index contributed by atoms with van der Waals surface area (Å²) in [5.41, 5.74) is 1.37. The Morgan fingerprint density at radius 1 is 1.19 bits per heavy atom. The van der Waals surface area contributed by atoms with E-state index in [2.05, 4.69) is 0 Å². The summed E-state index contributed by atoms with van der Waals surface area (Å²) in [4.78, 5) is 11.9. The maximum atomic E-state index is 11.4. The number of benzene rings is 2. The maximum absolute atomic E-state index is 11.4. The van der Waals surface area contributed by atoms with E-state index in [9.17, 15) is 15.2 Å². The van der Waals surface area contributed by atoms with Crippen LogP contribution in [0.15, 0.2) is 53.4 Å². The highest BCUT2D eigenvalue weighted by Gasteiger charge is 2.45. The van der Waals surface area contributed by atoms with E-state index in [4.69, 9.17) is 11.6 Å². The maximum Gasteiger partial charge on any atom is 0.258 e. The van der Waals surface area contributed by atoms with E-state index in [0.717, 1.165) is 10.5 Å². The summed E-state index contributed by atoms with van der Waals surface area (Å²) in [5, 5.41) is 21.9. The number of aliphatic hydroxyl groups excluding tert-OH is 1. The minimum absolute atomic E-state index is 0.404. The third-order valence-corrected chi connectivity index (χ3v) is 5.21. The lowest BCUT2D eigenvalue weighted by molar-refractivity contribution is -0.536. The van der Waals surface area contributed by atoms with E-state index in [-0.39, 0.29) is 0 Å². The van der Waals surface area contributed by atoms with Crippen LogP contribution in [0.2, 0.25) is 5.02 Å². The fraction of sp³-hybridized carbons (Fsp3) is 0.200. The van der Waals surface area contributed by atoms with Crippen molar-refractivity contribution in [2.24, 2.45) is 0 Å². The summed E-state index contributed by atoms with van der Waals surface area (Å²) in [6.45, 7) is 0. The minimum Gasteiger partial charge on any atom is -0.381 e. The van der Waals surface area contributed by atoms with Crippen LogP contribution in [0.25, 0.3) is 0 Å². The van der Waals surface area contributed by atoms with Gasteiger partial charge < -0.3 is 5.11 Å². The average Bonchev–Trinajstić information content (AvgIpc) is 2.46. The molecule has 0 bridgehead atoms. The van der Waals surface area contributed by atoms with Gasteiger partial charge in [0.15, 0.2) is 0 Å². The third-order valence-electron chi connectivity index (χ3n) is 3.55. The zero-order valence-electron chi connectivity index (χ0n) is 10.8. The predicted octanol–water partition coefficient (Wildman–Crippen LogP) is 3.87. The van der Waals surface area contributed by atoms with E-state index in [1.165, 1.54) is 11.8 Å². The molecule has 4 nitrogen and oxygen atoms in total. The van der Waals surface area contributed by atoms with Gasteiger partial charge in [0.25, 0.3) is 6.04 Å². The lowest BCUT2D eigenvalue weighted by atomic mass is 9.95. The summed E-state index contributed by atoms with van der Waals surface area (Å²) >= 11 is 7.39. The summed E-state index contributed by atoms with van der Waals surface area (Å²) in [7, 11) is 0. The Hall–Kier alpha value is -1.56. The van der Waals surface area contributed by atoms with Crippen LogP contribution in [0.1, 0.15) is 22.5 Å². The Morgan fingerprint density at radius 3 is 2.67 bits per heavy atom. The molecule has 6 heteroatoms. The highest BCUT2D eigenvalue weighted by molar-refractivity contribution is 7.99. The molecule has 3 atom stereocenters. The summed E-state index contributed by atoms with van der Waals surface area (Å²) in [5.74, 6) is 0. The average molecular weight is 322 g/mol. The molecule has 108 valence electrons. The summed E-state index contributed by atoms with van der Waals surface area (Å²) < 4.78 is 0. The molecular formula is C15H12ClNO3S. The molecule has 2 aromatic carbocycles. The molecule has 21 heavy (non-hydrogen) atoms. The Morgan fingerprint density at radius 2 is 1.95 bits per heavy atom. The largest absolute Gasteiger partial charge is 0.381 e. The van der Waals surface area contributed by atoms with Crippen LogP contribution in [0.5, 0.6) is 0 Å². The molecule has 0 amide bonds. The number of rotatable bonds is 2. The molecule has 0 fully saturated rings. The number of thioether (sulfide) groups is 1. The molecule has 1 aliphatic heterocycles. The van der Waals surface area contributed by atoms with Crippen molar-refractivity contribution in [2.75, 3.05) is 0 Å². The van der Waals surface area contributed by atoms with Gasteiger partial charge >= 0.3 is 0 Å². The normalized spacial score (nSPS) is 24.4. The number of nitro groups is 1. The molecule has 0 aliphatic carbocycles. The van der Waals surface area contributed by atoms with E-state index >= 15 is 0 Å². The molecule has 0 spiro atoms. The molecule has 1 heterocycles. The standard InChI is InChI=1S/C15H12ClNO3S/c16-10-5-3-4-9(8-10)15-13(17(19)20)14(18)11-6-1-2-7-12(11)21-15/h1-8,13-15,18H. The topological polar surface area (TPSA) is 63.4 Å². The number of aliphatic hydroxyl groups is 1. The van der Waals surface area contributed by atoms with Crippen LogP contribution in [-0.2, 0) is 0 Å². The van der Waals surface area contributed by atoms with E-state index in [1.807, 2.05) is 12.1 Å². The third kappa shape index (κ3) is 2.64. The van der Waals surface area contributed by atoms with Crippen LogP contribution >= 0.6 is 23.4 Å². The smallest absolute Gasteiger partial charge is 0.258 e. The second-order valence-corrected chi connectivity index (χ2v) is 6.47. The molecule has 2 aromatic rings. The molecule has 0 radical (unpaired) electrons. The SMILES string of the molecule is O=[N+]([O-])C1C(O)c2ccccc2SC1c1cccc(Cl)c1. The number of fused-ring (bicyclic) bond motifs is 1. The van der Waals surface area contributed by atoms with Crippen molar-refractivity contribution in [3.05, 3.63) is 74.8 Å². The van der Waals surface area contributed by atoms with Gasteiger partial charge in [0.05, 0.1) is 0 Å². The zero-order valence-corrected chi connectivity index (χ0v) is 12.4. The second kappa shape index (κ2) is 5.67. The highest BCUT2D eigenvalue weighted by Crippen LogP contribution is 2.50. The van der Waals surface area contributed by atoms with Crippen LogP contribution in [0.3, 0.4) is 0 Å². The lowest BCUT2D eigenvalue weighted by Gasteiger charge is -2.31. The van der Waals surface area contributed by atoms with E-state index in [0.29, 0.717) is 10.6 Å². The van der Waals surface area contributed by atoms with Crippen molar-refractivity contribution in [1.82, 2.24) is 0 Å². The number of hydrogen-bond acceptors (Lipinski definition) is 4. The molecule has 0 aromatic heterocycles. The Kier molecular flexibility index (Phi) is 3.89. The monoisotopic (exact) mass is 321 g/mol. The van der Waals surface area contributed by atoms with Gasteiger partial charge in [-0.3, -0.25) is 10.1 Å². The van der Waals surface area contributed by atoms with Gasteiger partial charge in [0.1, 0.15) is 11.4 Å². The Labute approximate surface area is 130 Å². The summed E-state index contributed by atoms with van der Waals surface area (Å²) in [6.07, 6.45) is -1.12.